The molecule has 0 aliphatic rings. The van der Waals surface area contributed by atoms with Crippen molar-refractivity contribution in [3.05, 3.63) is 77.8 Å². The van der Waals surface area contributed by atoms with Gasteiger partial charge in [-0.15, -0.1) is 0 Å². The summed E-state index contributed by atoms with van der Waals surface area (Å²) in [6.07, 6.45) is 6.80. The molecule has 0 saturated carbocycles. The van der Waals surface area contributed by atoms with Crippen molar-refractivity contribution in [2.75, 3.05) is 0 Å². The molecule has 3 heteroatoms. The average molecular weight is 311 g/mol. The van der Waals surface area contributed by atoms with Crippen LogP contribution in [0.4, 0.5) is 0 Å². The fourth-order valence-electron chi connectivity index (χ4n) is 2.61. The Morgan fingerprint density at radius 2 is 1.86 bits per heavy atom. The van der Waals surface area contributed by atoms with Gasteiger partial charge in [-0.25, -0.2) is 4.98 Å². The largest absolute Gasteiger partial charge is 0.337 e. The Kier molecular flexibility index (Phi) is 4.59. The zero-order chi connectivity index (χ0) is 15.4. The maximum absolute atomic E-state index is 6.26. The molecule has 0 aliphatic carbocycles. The van der Waals surface area contributed by atoms with E-state index in [1.54, 1.807) is 0 Å². The minimum atomic E-state index is 0.516. The SMILES string of the molecule is CC(CCn1ccnc1)c1ccc(-c2ccccc2Cl)cc1. The quantitative estimate of drug-likeness (QED) is 0.617. The van der Waals surface area contributed by atoms with Crippen molar-refractivity contribution >= 4 is 11.6 Å². The van der Waals surface area contributed by atoms with Crippen LogP contribution in [0.2, 0.25) is 5.02 Å². The Hall–Kier alpha value is -2.06. The summed E-state index contributed by atoms with van der Waals surface area (Å²) in [5.74, 6) is 0.516. The summed E-state index contributed by atoms with van der Waals surface area (Å²) in [5.41, 5.74) is 3.61. The lowest BCUT2D eigenvalue weighted by atomic mass is 9.95. The van der Waals surface area contributed by atoms with Crippen molar-refractivity contribution in [1.29, 1.82) is 0 Å². The number of nitrogens with zero attached hydrogens (tertiary/aromatic N) is 2. The number of aromatic nitrogens is 2. The van der Waals surface area contributed by atoms with Crippen molar-refractivity contribution in [1.82, 2.24) is 9.55 Å². The fourth-order valence-corrected chi connectivity index (χ4v) is 2.86. The maximum Gasteiger partial charge on any atom is 0.0945 e. The summed E-state index contributed by atoms with van der Waals surface area (Å²) in [6.45, 7) is 3.26. The summed E-state index contributed by atoms with van der Waals surface area (Å²) in [7, 11) is 0. The van der Waals surface area contributed by atoms with Crippen molar-refractivity contribution in [2.45, 2.75) is 25.8 Å². The van der Waals surface area contributed by atoms with Crippen LogP contribution in [-0.4, -0.2) is 9.55 Å². The molecule has 0 N–H and O–H groups in total. The normalized spacial score (nSPS) is 12.3. The summed E-state index contributed by atoms with van der Waals surface area (Å²) in [6, 6.07) is 16.7. The van der Waals surface area contributed by atoms with Crippen LogP contribution in [0.15, 0.2) is 67.3 Å². The summed E-state index contributed by atoms with van der Waals surface area (Å²) in [4.78, 5) is 4.08. The van der Waals surface area contributed by atoms with Crippen LogP contribution in [0, 0.1) is 0 Å². The van der Waals surface area contributed by atoms with E-state index >= 15 is 0 Å². The highest BCUT2D eigenvalue weighted by atomic mass is 35.5. The average Bonchev–Trinajstić information content (AvgIpc) is 3.07. The van der Waals surface area contributed by atoms with E-state index in [0.29, 0.717) is 5.92 Å². The zero-order valence-corrected chi connectivity index (χ0v) is 13.4. The fraction of sp³-hybridized carbons (Fsp3) is 0.211. The minimum Gasteiger partial charge on any atom is -0.337 e. The first-order valence-corrected chi connectivity index (χ1v) is 7.92. The van der Waals surface area contributed by atoms with E-state index in [9.17, 15) is 0 Å². The molecule has 0 bridgehead atoms. The highest BCUT2D eigenvalue weighted by molar-refractivity contribution is 6.33. The molecule has 0 fully saturated rings. The summed E-state index contributed by atoms with van der Waals surface area (Å²) in [5, 5.41) is 0.795. The van der Waals surface area contributed by atoms with Crippen molar-refractivity contribution < 1.29 is 0 Å². The molecular weight excluding hydrogens is 292 g/mol. The molecule has 1 atom stereocenters. The molecular formula is C19H19ClN2. The molecule has 3 aromatic rings. The van der Waals surface area contributed by atoms with Crippen molar-refractivity contribution in [3.8, 4) is 11.1 Å². The number of benzene rings is 2. The topological polar surface area (TPSA) is 17.8 Å². The third-order valence-electron chi connectivity index (χ3n) is 4.04. The molecule has 1 heterocycles. The third-order valence-corrected chi connectivity index (χ3v) is 4.37. The van der Waals surface area contributed by atoms with E-state index in [0.717, 1.165) is 29.1 Å². The first-order valence-electron chi connectivity index (χ1n) is 7.54. The summed E-state index contributed by atoms with van der Waals surface area (Å²) < 4.78 is 2.12. The van der Waals surface area contributed by atoms with Crippen LogP contribution < -0.4 is 0 Å². The van der Waals surface area contributed by atoms with E-state index in [4.69, 9.17) is 11.6 Å². The van der Waals surface area contributed by atoms with Gasteiger partial charge in [-0.3, -0.25) is 0 Å². The Bertz CT molecular complexity index is 717. The van der Waals surface area contributed by atoms with Gasteiger partial charge in [0.2, 0.25) is 0 Å². The number of aryl methyl sites for hydroxylation is 1. The predicted octanol–water partition coefficient (Wildman–Crippen LogP) is 5.40. The molecule has 2 aromatic carbocycles. The van der Waals surface area contributed by atoms with Gasteiger partial charge in [-0.05, 0) is 29.5 Å². The molecule has 3 rings (SSSR count). The second-order valence-electron chi connectivity index (χ2n) is 5.59. The molecule has 1 unspecified atom stereocenters. The maximum atomic E-state index is 6.26. The van der Waals surface area contributed by atoms with Crippen LogP contribution >= 0.6 is 11.6 Å². The smallest absolute Gasteiger partial charge is 0.0945 e. The van der Waals surface area contributed by atoms with Gasteiger partial charge in [0.1, 0.15) is 0 Å². The number of hydrogen-bond donors (Lipinski definition) is 0. The Morgan fingerprint density at radius 3 is 2.55 bits per heavy atom. The monoisotopic (exact) mass is 310 g/mol. The minimum absolute atomic E-state index is 0.516. The van der Waals surface area contributed by atoms with Crippen LogP contribution in [0.25, 0.3) is 11.1 Å². The Morgan fingerprint density at radius 1 is 1.09 bits per heavy atom. The molecule has 0 saturated heterocycles. The van der Waals surface area contributed by atoms with Crippen LogP contribution in [0.3, 0.4) is 0 Å². The van der Waals surface area contributed by atoms with Crippen molar-refractivity contribution in [2.24, 2.45) is 0 Å². The molecule has 0 aliphatic heterocycles. The third kappa shape index (κ3) is 3.40. The first-order chi connectivity index (χ1) is 10.7. The number of rotatable bonds is 5. The predicted molar refractivity (Wildman–Crippen MR) is 92.1 cm³/mol. The second-order valence-corrected chi connectivity index (χ2v) is 6.00. The standard InChI is InChI=1S/C19H19ClN2/c1-15(10-12-22-13-11-21-14-22)16-6-8-17(9-7-16)18-4-2-3-5-19(18)20/h2-9,11,13-15H,10,12H2,1H3. The van der Waals surface area contributed by atoms with E-state index in [-0.39, 0.29) is 0 Å². The first kappa shape index (κ1) is 14.9. The lowest BCUT2D eigenvalue weighted by Gasteiger charge is -2.13. The molecule has 112 valence electrons. The van der Waals surface area contributed by atoms with Gasteiger partial charge in [0.15, 0.2) is 0 Å². The van der Waals surface area contributed by atoms with Crippen LogP contribution in [0.5, 0.6) is 0 Å². The van der Waals surface area contributed by atoms with E-state index in [1.807, 2.05) is 36.9 Å². The van der Waals surface area contributed by atoms with E-state index in [2.05, 4.69) is 46.8 Å². The van der Waals surface area contributed by atoms with Gasteiger partial charge >= 0.3 is 0 Å². The Balaban J connectivity index is 1.70. The van der Waals surface area contributed by atoms with Crippen LogP contribution in [0.1, 0.15) is 24.8 Å². The Labute approximate surface area is 136 Å². The molecule has 0 radical (unpaired) electrons. The molecule has 1 aromatic heterocycles. The van der Waals surface area contributed by atoms with E-state index in [1.165, 1.54) is 5.56 Å². The van der Waals surface area contributed by atoms with Gasteiger partial charge < -0.3 is 4.57 Å². The summed E-state index contributed by atoms with van der Waals surface area (Å²) >= 11 is 6.26. The lowest BCUT2D eigenvalue weighted by Crippen LogP contribution is -2.01. The van der Waals surface area contributed by atoms with Gasteiger partial charge in [0.05, 0.1) is 6.33 Å². The molecule has 0 amide bonds. The van der Waals surface area contributed by atoms with E-state index < -0.39 is 0 Å². The highest BCUT2D eigenvalue weighted by Crippen LogP contribution is 2.29. The second kappa shape index (κ2) is 6.80. The van der Waals surface area contributed by atoms with Gasteiger partial charge in [-0.1, -0.05) is 61.0 Å². The van der Waals surface area contributed by atoms with Gasteiger partial charge in [-0.2, -0.15) is 0 Å². The van der Waals surface area contributed by atoms with Crippen molar-refractivity contribution in [3.63, 3.8) is 0 Å². The zero-order valence-electron chi connectivity index (χ0n) is 12.6. The van der Waals surface area contributed by atoms with Gasteiger partial charge in [0.25, 0.3) is 0 Å². The number of imidazole rings is 1. The molecule has 2 nitrogen and oxygen atoms in total. The molecule has 0 spiro atoms. The number of hydrogen-bond acceptors (Lipinski definition) is 1. The lowest BCUT2D eigenvalue weighted by molar-refractivity contribution is 0.576. The highest BCUT2D eigenvalue weighted by Gasteiger charge is 2.07. The molecule has 22 heavy (non-hydrogen) atoms. The van der Waals surface area contributed by atoms with Gasteiger partial charge in [0, 0.05) is 29.5 Å². The van der Waals surface area contributed by atoms with Crippen LogP contribution in [-0.2, 0) is 6.54 Å². The number of halogens is 1.